The van der Waals surface area contributed by atoms with Crippen LogP contribution in [0.2, 0.25) is 0 Å². The molecule has 2 aromatic carbocycles. The van der Waals surface area contributed by atoms with Gasteiger partial charge in [0, 0.05) is 4.47 Å². The molecule has 1 N–H and O–H groups in total. The lowest BCUT2D eigenvalue weighted by Gasteiger charge is -2.12. The van der Waals surface area contributed by atoms with Gasteiger partial charge in [0.15, 0.2) is 0 Å². The van der Waals surface area contributed by atoms with Crippen LogP contribution in [0.25, 0.3) is 0 Å². The molecule has 22 heavy (non-hydrogen) atoms. The Labute approximate surface area is 132 Å². The molecule has 0 aliphatic heterocycles. The zero-order valence-corrected chi connectivity index (χ0v) is 13.1. The van der Waals surface area contributed by atoms with E-state index in [1.165, 1.54) is 12.1 Å². The smallest absolute Gasteiger partial charge is 0.280 e. The Morgan fingerprint density at radius 3 is 2.32 bits per heavy atom. The van der Waals surface area contributed by atoms with Gasteiger partial charge in [0.1, 0.15) is 5.82 Å². The number of hydrogen-bond donors (Lipinski definition) is 1. The van der Waals surface area contributed by atoms with Gasteiger partial charge in [-0.3, -0.25) is 4.72 Å². The third kappa shape index (κ3) is 3.98. The van der Waals surface area contributed by atoms with Gasteiger partial charge < -0.3 is 0 Å². The Hall–Kier alpha value is -1.61. The van der Waals surface area contributed by atoms with Crippen molar-refractivity contribution in [2.24, 2.45) is 0 Å². The summed E-state index contributed by atoms with van der Waals surface area (Å²) in [4.78, 5) is -0.585. The van der Waals surface area contributed by atoms with Gasteiger partial charge in [-0.1, -0.05) is 22.0 Å². The maximum absolute atomic E-state index is 13.0. The molecule has 0 fully saturated rings. The maximum atomic E-state index is 13.0. The highest BCUT2D eigenvalue weighted by Crippen LogP contribution is 2.33. The van der Waals surface area contributed by atoms with E-state index in [9.17, 15) is 26.0 Å². The molecule has 0 spiro atoms. The average molecular weight is 398 g/mol. The first-order chi connectivity index (χ1) is 10.1. The summed E-state index contributed by atoms with van der Waals surface area (Å²) in [5.74, 6) is -0.676. The van der Waals surface area contributed by atoms with Gasteiger partial charge in [0.25, 0.3) is 10.0 Å². The second kappa shape index (κ2) is 5.88. The standard InChI is InChI=1S/C13H8BrF4NO2S/c14-9-4-8(13(16,17)18)5-12(6-9)22(20,21)19-11-3-1-2-10(15)7-11/h1-7,19H. The Morgan fingerprint density at radius 2 is 1.73 bits per heavy atom. The van der Waals surface area contributed by atoms with Crippen LogP contribution < -0.4 is 4.72 Å². The van der Waals surface area contributed by atoms with Crippen LogP contribution >= 0.6 is 15.9 Å². The quantitative estimate of drug-likeness (QED) is 0.779. The largest absolute Gasteiger partial charge is 0.416 e. The van der Waals surface area contributed by atoms with E-state index < -0.39 is 32.5 Å². The van der Waals surface area contributed by atoms with Crippen LogP contribution in [0.4, 0.5) is 23.2 Å². The lowest BCUT2D eigenvalue weighted by Crippen LogP contribution is -2.15. The minimum absolute atomic E-state index is 0.0399. The molecule has 0 aliphatic rings. The van der Waals surface area contributed by atoms with Crippen molar-refractivity contribution in [1.29, 1.82) is 0 Å². The molecule has 2 rings (SSSR count). The van der Waals surface area contributed by atoms with Crippen LogP contribution in [-0.4, -0.2) is 8.42 Å². The minimum Gasteiger partial charge on any atom is -0.280 e. The minimum atomic E-state index is -4.69. The summed E-state index contributed by atoms with van der Waals surface area (Å²) in [5.41, 5.74) is -1.20. The molecular formula is C13H8BrF4NO2S. The SMILES string of the molecule is O=S(=O)(Nc1cccc(F)c1)c1cc(Br)cc(C(F)(F)F)c1. The van der Waals surface area contributed by atoms with E-state index in [2.05, 4.69) is 15.9 Å². The fraction of sp³-hybridized carbons (Fsp3) is 0.0769. The van der Waals surface area contributed by atoms with Crippen LogP contribution in [0.1, 0.15) is 5.56 Å². The van der Waals surface area contributed by atoms with Gasteiger partial charge in [-0.15, -0.1) is 0 Å². The van der Waals surface area contributed by atoms with Crippen LogP contribution in [0.3, 0.4) is 0 Å². The number of nitrogens with one attached hydrogen (secondary N) is 1. The molecule has 0 saturated heterocycles. The van der Waals surface area contributed by atoms with Gasteiger partial charge in [-0.05, 0) is 36.4 Å². The predicted octanol–water partition coefficient (Wildman–Crippen LogP) is 4.41. The van der Waals surface area contributed by atoms with Crippen LogP contribution in [0, 0.1) is 5.82 Å². The highest BCUT2D eigenvalue weighted by Gasteiger charge is 2.32. The predicted molar refractivity (Wildman–Crippen MR) is 76.4 cm³/mol. The number of alkyl halides is 3. The van der Waals surface area contributed by atoms with Gasteiger partial charge in [-0.2, -0.15) is 13.2 Å². The fourth-order valence-corrected chi connectivity index (χ4v) is 3.41. The highest BCUT2D eigenvalue weighted by molar-refractivity contribution is 9.10. The topological polar surface area (TPSA) is 46.2 Å². The van der Waals surface area contributed by atoms with E-state index in [0.29, 0.717) is 6.07 Å². The molecule has 9 heteroatoms. The normalized spacial score (nSPS) is 12.2. The lowest BCUT2D eigenvalue weighted by atomic mass is 10.2. The van der Waals surface area contributed by atoms with Crippen molar-refractivity contribution in [3.63, 3.8) is 0 Å². The lowest BCUT2D eigenvalue weighted by molar-refractivity contribution is -0.137. The molecule has 0 unspecified atom stereocenters. The van der Waals surface area contributed by atoms with Crippen LogP contribution in [-0.2, 0) is 16.2 Å². The molecule has 0 atom stereocenters. The molecule has 0 aliphatic carbocycles. The van der Waals surface area contributed by atoms with Crippen molar-refractivity contribution in [2.45, 2.75) is 11.1 Å². The zero-order valence-electron chi connectivity index (χ0n) is 10.7. The van der Waals surface area contributed by atoms with E-state index in [1.807, 2.05) is 4.72 Å². The first-order valence-electron chi connectivity index (χ1n) is 5.74. The third-order valence-corrected chi connectivity index (χ3v) is 4.40. The van der Waals surface area contributed by atoms with Crippen molar-refractivity contribution in [1.82, 2.24) is 0 Å². The summed E-state index contributed by atoms with van der Waals surface area (Å²) < 4.78 is 77.5. The van der Waals surface area contributed by atoms with E-state index in [1.54, 1.807) is 0 Å². The molecule has 0 radical (unpaired) electrons. The van der Waals surface area contributed by atoms with Gasteiger partial charge in [0.2, 0.25) is 0 Å². The maximum Gasteiger partial charge on any atom is 0.416 e. The Balaban J connectivity index is 2.43. The summed E-state index contributed by atoms with van der Waals surface area (Å²) in [6.07, 6.45) is -4.69. The number of halogens is 5. The average Bonchev–Trinajstić information content (AvgIpc) is 2.36. The third-order valence-electron chi connectivity index (χ3n) is 2.59. The van der Waals surface area contributed by atoms with Crippen LogP contribution in [0.5, 0.6) is 0 Å². The molecule has 0 aromatic heterocycles. The molecular weight excluding hydrogens is 390 g/mol. The van der Waals surface area contributed by atoms with Crippen molar-refractivity contribution in [3.8, 4) is 0 Å². The Morgan fingerprint density at radius 1 is 1.05 bits per heavy atom. The van der Waals surface area contributed by atoms with E-state index >= 15 is 0 Å². The van der Waals surface area contributed by atoms with Crippen molar-refractivity contribution in [3.05, 3.63) is 58.3 Å². The zero-order chi connectivity index (χ0) is 16.5. The van der Waals surface area contributed by atoms with Gasteiger partial charge in [0.05, 0.1) is 16.1 Å². The van der Waals surface area contributed by atoms with E-state index in [4.69, 9.17) is 0 Å². The van der Waals surface area contributed by atoms with Crippen molar-refractivity contribution >= 4 is 31.6 Å². The van der Waals surface area contributed by atoms with Gasteiger partial charge >= 0.3 is 6.18 Å². The molecule has 3 nitrogen and oxygen atoms in total. The first kappa shape index (κ1) is 16.8. The van der Waals surface area contributed by atoms with E-state index in [-0.39, 0.29) is 10.2 Å². The molecule has 0 bridgehead atoms. The second-order valence-corrected chi connectivity index (χ2v) is 6.89. The molecule has 2 aromatic rings. The van der Waals surface area contributed by atoms with Crippen LogP contribution in [0.15, 0.2) is 51.8 Å². The summed E-state index contributed by atoms with van der Waals surface area (Å²) in [6.45, 7) is 0. The highest BCUT2D eigenvalue weighted by atomic mass is 79.9. The summed E-state index contributed by atoms with van der Waals surface area (Å²) in [6, 6.07) is 6.88. The molecule has 0 saturated carbocycles. The van der Waals surface area contributed by atoms with Gasteiger partial charge in [-0.25, -0.2) is 12.8 Å². The number of benzene rings is 2. The number of anilines is 1. The van der Waals surface area contributed by atoms with Crippen molar-refractivity contribution < 1.29 is 26.0 Å². The first-order valence-corrected chi connectivity index (χ1v) is 8.02. The summed E-state index contributed by atoms with van der Waals surface area (Å²) in [7, 11) is -4.28. The number of sulfonamides is 1. The van der Waals surface area contributed by atoms with E-state index in [0.717, 1.165) is 24.3 Å². The fourth-order valence-electron chi connectivity index (χ4n) is 1.65. The molecule has 118 valence electrons. The summed E-state index contributed by atoms with van der Waals surface area (Å²) in [5, 5.41) is 0. The number of rotatable bonds is 3. The second-order valence-electron chi connectivity index (χ2n) is 4.29. The molecule has 0 heterocycles. The number of hydrogen-bond acceptors (Lipinski definition) is 2. The Bertz CT molecular complexity index is 806. The Kier molecular flexibility index (Phi) is 4.48. The monoisotopic (exact) mass is 397 g/mol. The molecule has 0 amide bonds. The summed E-state index contributed by atoms with van der Waals surface area (Å²) >= 11 is 2.84. The van der Waals surface area contributed by atoms with Crippen molar-refractivity contribution in [2.75, 3.05) is 4.72 Å².